The second kappa shape index (κ2) is 8.30. The molecular weight excluding hydrogens is 356 g/mol. The van der Waals surface area contributed by atoms with Crippen molar-refractivity contribution in [2.24, 2.45) is 0 Å². The van der Waals surface area contributed by atoms with E-state index in [-0.39, 0.29) is 10.8 Å². The summed E-state index contributed by atoms with van der Waals surface area (Å²) in [5, 5.41) is 0.568. The van der Waals surface area contributed by atoms with Gasteiger partial charge in [0.1, 0.15) is 0 Å². The summed E-state index contributed by atoms with van der Waals surface area (Å²) < 4.78 is 20.7. The van der Waals surface area contributed by atoms with Crippen LogP contribution < -0.4 is 9.46 Å². The molecular formula is C19H25ClN2O2S. The maximum atomic E-state index is 12.3. The van der Waals surface area contributed by atoms with Crippen molar-refractivity contribution in [3.63, 3.8) is 0 Å². The fraction of sp³-hybridized carbons (Fsp3) is 0.421. The number of nitrogens with zero attached hydrogens (tertiary/aromatic N) is 1. The average Bonchev–Trinajstić information content (AvgIpc) is 2.56. The Labute approximate surface area is 157 Å². The second-order valence-electron chi connectivity index (χ2n) is 6.78. The van der Waals surface area contributed by atoms with Gasteiger partial charge >= 0.3 is 0 Å². The van der Waals surface area contributed by atoms with Gasteiger partial charge in [0, 0.05) is 17.8 Å². The largest absolute Gasteiger partial charge is 0.478 e. The molecule has 0 spiro atoms. The summed E-state index contributed by atoms with van der Waals surface area (Å²) in [5.41, 5.74) is 2.90. The number of benzene rings is 1. The van der Waals surface area contributed by atoms with E-state index in [1.54, 1.807) is 6.20 Å². The molecule has 4 nitrogen and oxygen atoms in total. The van der Waals surface area contributed by atoms with E-state index < -0.39 is 11.0 Å². The Morgan fingerprint density at radius 2 is 1.92 bits per heavy atom. The number of hydrogen-bond acceptors (Lipinski definition) is 3. The normalized spacial score (nSPS) is 14.2. The lowest BCUT2D eigenvalue weighted by molar-refractivity contribution is 0.328. The molecule has 2 rings (SSSR count). The molecule has 25 heavy (non-hydrogen) atoms. The Kier molecular flexibility index (Phi) is 6.60. The first kappa shape index (κ1) is 19.9. The lowest BCUT2D eigenvalue weighted by Crippen LogP contribution is -2.34. The van der Waals surface area contributed by atoms with Crippen molar-refractivity contribution in [3.05, 3.63) is 47.1 Å². The van der Waals surface area contributed by atoms with Crippen molar-refractivity contribution in [1.82, 2.24) is 9.71 Å². The number of hydrogen-bond donors (Lipinski definition) is 1. The van der Waals surface area contributed by atoms with Crippen LogP contribution in [0.1, 0.15) is 46.2 Å². The van der Waals surface area contributed by atoms with Gasteiger partial charge in [-0.15, -0.1) is 0 Å². The van der Waals surface area contributed by atoms with Crippen molar-refractivity contribution >= 4 is 22.6 Å². The van der Waals surface area contributed by atoms with Crippen LogP contribution in [-0.2, 0) is 11.0 Å². The van der Waals surface area contributed by atoms with Crippen LogP contribution in [0.2, 0.25) is 5.02 Å². The number of ether oxygens (including phenoxy) is 1. The molecule has 136 valence electrons. The molecule has 1 unspecified atom stereocenters. The molecule has 0 aliphatic heterocycles. The Morgan fingerprint density at radius 1 is 1.28 bits per heavy atom. The van der Waals surface area contributed by atoms with E-state index in [9.17, 15) is 4.21 Å². The molecule has 0 radical (unpaired) electrons. The molecule has 0 fully saturated rings. The van der Waals surface area contributed by atoms with Crippen molar-refractivity contribution in [2.45, 2.75) is 45.4 Å². The molecule has 0 saturated carbocycles. The zero-order chi connectivity index (χ0) is 18.6. The predicted octanol–water partition coefficient (Wildman–Crippen LogP) is 4.91. The minimum absolute atomic E-state index is 0.0158. The molecule has 0 amide bonds. The van der Waals surface area contributed by atoms with Gasteiger partial charge < -0.3 is 4.74 Å². The van der Waals surface area contributed by atoms with Crippen molar-refractivity contribution in [1.29, 1.82) is 0 Å². The number of aromatic nitrogens is 1. The quantitative estimate of drug-likeness (QED) is 0.774. The molecule has 1 heterocycles. The highest BCUT2D eigenvalue weighted by atomic mass is 35.5. The fourth-order valence-corrected chi connectivity index (χ4v) is 3.21. The second-order valence-corrected chi connectivity index (χ2v) is 9.22. The van der Waals surface area contributed by atoms with E-state index in [2.05, 4.69) is 9.71 Å². The fourth-order valence-electron chi connectivity index (χ4n) is 2.24. The first-order valence-electron chi connectivity index (χ1n) is 8.29. The third kappa shape index (κ3) is 5.27. The number of halogens is 1. The molecule has 1 N–H and O–H groups in total. The zero-order valence-corrected chi connectivity index (χ0v) is 16.9. The molecule has 1 aromatic carbocycles. The van der Waals surface area contributed by atoms with Gasteiger partial charge in [0.05, 0.1) is 27.4 Å². The summed E-state index contributed by atoms with van der Waals surface area (Å²) in [6, 6.07) is 9.88. The molecule has 0 aliphatic rings. The number of rotatable bonds is 6. The van der Waals surface area contributed by atoms with Crippen LogP contribution in [-0.4, -0.2) is 20.5 Å². The van der Waals surface area contributed by atoms with Crippen LogP contribution in [0.4, 0.5) is 0 Å². The minimum atomic E-state index is -1.12. The van der Waals surface area contributed by atoms with E-state index in [4.69, 9.17) is 16.3 Å². The average molecular weight is 381 g/mol. The van der Waals surface area contributed by atoms with Crippen LogP contribution in [0.25, 0.3) is 11.1 Å². The van der Waals surface area contributed by atoms with Gasteiger partial charge in [-0.2, -0.15) is 0 Å². The zero-order valence-electron chi connectivity index (χ0n) is 15.3. The standard InChI is InChI=1S/C19H25ClN2O2S/c1-6-24-18-17(11-16(20)12-21-18)15-9-7-14(8-10-15)13(2)22-25(23)19(3,4)5/h7-13,22H,6H2,1-5H3/t13?,25-/m1/s1. The highest BCUT2D eigenvalue weighted by Gasteiger charge is 2.21. The van der Waals surface area contributed by atoms with Crippen molar-refractivity contribution in [3.8, 4) is 17.0 Å². The first-order chi connectivity index (χ1) is 11.7. The van der Waals surface area contributed by atoms with Gasteiger partial charge in [-0.25, -0.2) is 13.9 Å². The monoisotopic (exact) mass is 380 g/mol. The molecule has 2 atom stereocenters. The lowest BCUT2D eigenvalue weighted by atomic mass is 10.0. The van der Waals surface area contributed by atoms with Crippen LogP contribution in [0.5, 0.6) is 5.88 Å². The topological polar surface area (TPSA) is 51.2 Å². The van der Waals surface area contributed by atoms with Crippen molar-refractivity contribution in [2.75, 3.05) is 6.61 Å². The van der Waals surface area contributed by atoms with Crippen LogP contribution in [0.3, 0.4) is 0 Å². The summed E-state index contributed by atoms with van der Waals surface area (Å²) in [4.78, 5) is 4.26. The molecule has 0 bridgehead atoms. The Bertz CT molecular complexity index is 742. The van der Waals surface area contributed by atoms with E-state index >= 15 is 0 Å². The summed E-state index contributed by atoms with van der Waals surface area (Å²) in [5.74, 6) is 0.569. The van der Waals surface area contributed by atoms with Crippen LogP contribution in [0.15, 0.2) is 36.5 Å². The lowest BCUT2D eigenvalue weighted by Gasteiger charge is -2.22. The van der Waals surface area contributed by atoms with Gasteiger partial charge in [0.15, 0.2) is 0 Å². The highest BCUT2D eigenvalue weighted by Crippen LogP contribution is 2.31. The highest BCUT2D eigenvalue weighted by molar-refractivity contribution is 7.84. The molecule has 2 aromatic rings. The van der Waals surface area contributed by atoms with E-state index in [1.807, 2.05) is 65.0 Å². The van der Waals surface area contributed by atoms with E-state index in [0.717, 1.165) is 16.7 Å². The van der Waals surface area contributed by atoms with Gasteiger partial charge in [-0.1, -0.05) is 35.9 Å². The van der Waals surface area contributed by atoms with Gasteiger partial charge in [0.25, 0.3) is 0 Å². The van der Waals surface area contributed by atoms with Gasteiger partial charge in [-0.05, 0) is 51.8 Å². The number of pyridine rings is 1. The third-order valence-corrected chi connectivity index (χ3v) is 5.55. The van der Waals surface area contributed by atoms with Gasteiger partial charge in [0.2, 0.25) is 5.88 Å². The maximum absolute atomic E-state index is 12.3. The smallest absolute Gasteiger partial charge is 0.221 e. The van der Waals surface area contributed by atoms with Crippen molar-refractivity contribution < 1.29 is 8.95 Å². The molecule has 6 heteroatoms. The first-order valence-corrected chi connectivity index (χ1v) is 9.82. The summed E-state index contributed by atoms with van der Waals surface area (Å²) in [6.45, 7) is 10.3. The van der Waals surface area contributed by atoms with E-state index in [1.165, 1.54) is 0 Å². The Hall–Kier alpha value is -1.43. The predicted molar refractivity (Wildman–Crippen MR) is 105 cm³/mol. The van der Waals surface area contributed by atoms with Crippen LogP contribution in [0, 0.1) is 0 Å². The SMILES string of the molecule is CCOc1ncc(Cl)cc1-c1ccc(C(C)N[S@](=O)C(C)(C)C)cc1. The summed E-state index contributed by atoms with van der Waals surface area (Å²) >= 11 is 6.09. The minimum Gasteiger partial charge on any atom is -0.478 e. The number of nitrogens with one attached hydrogen (secondary N) is 1. The molecule has 0 aliphatic carbocycles. The third-order valence-electron chi connectivity index (χ3n) is 3.66. The maximum Gasteiger partial charge on any atom is 0.221 e. The summed E-state index contributed by atoms with van der Waals surface area (Å²) in [6.07, 6.45) is 1.58. The Morgan fingerprint density at radius 3 is 2.48 bits per heavy atom. The van der Waals surface area contributed by atoms with Crippen LogP contribution >= 0.6 is 11.6 Å². The summed E-state index contributed by atoms with van der Waals surface area (Å²) in [7, 11) is -1.12. The van der Waals surface area contributed by atoms with E-state index in [0.29, 0.717) is 17.5 Å². The molecule has 0 saturated heterocycles. The molecule has 1 aromatic heterocycles. The van der Waals surface area contributed by atoms with Gasteiger partial charge in [-0.3, -0.25) is 0 Å². The Balaban J connectivity index is 2.23.